The molecule has 17 heavy (non-hydrogen) atoms. The average molecular weight is 253 g/mol. The van der Waals surface area contributed by atoms with Gasteiger partial charge in [0, 0.05) is 17.8 Å². The third-order valence-corrected chi connectivity index (χ3v) is 3.78. The molecule has 1 aromatic rings. The maximum absolute atomic E-state index is 5.42. The van der Waals surface area contributed by atoms with Crippen LogP contribution in [-0.2, 0) is 0 Å². The molecule has 0 amide bonds. The number of hydrogen-bond acceptors (Lipinski definition) is 3. The van der Waals surface area contributed by atoms with Crippen LogP contribution < -0.4 is 10.1 Å². The predicted octanol–water partition coefficient (Wildman–Crippen LogP) is 3.87. The lowest BCUT2D eigenvalue weighted by molar-refractivity contribution is 0.409. The van der Waals surface area contributed by atoms with Gasteiger partial charge >= 0.3 is 0 Å². The Balaban J connectivity index is 2.54. The molecule has 1 aromatic carbocycles. The van der Waals surface area contributed by atoms with Crippen molar-refractivity contribution in [1.82, 2.24) is 0 Å². The van der Waals surface area contributed by atoms with Crippen LogP contribution in [0.15, 0.2) is 12.1 Å². The fourth-order valence-corrected chi connectivity index (χ4v) is 2.51. The van der Waals surface area contributed by atoms with Crippen molar-refractivity contribution in [3.63, 3.8) is 0 Å². The monoisotopic (exact) mass is 253 g/mol. The van der Waals surface area contributed by atoms with Crippen LogP contribution in [0.4, 0.5) is 5.69 Å². The number of thioether (sulfide) groups is 1. The predicted molar refractivity (Wildman–Crippen MR) is 78.6 cm³/mol. The molecule has 1 N–H and O–H groups in total. The molecule has 0 radical (unpaired) electrons. The fourth-order valence-electron chi connectivity index (χ4n) is 1.87. The lowest BCUT2D eigenvalue weighted by Crippen LogP contribution is -2.05. The summed E-state index contributed by atoms with van der Waals surface area (Å²) in [6.07, 6.45) is 1.20. The third-order valence-electron chi connectivity index (χ3n) is 2.79. The van der Waals surface area contributed by atoms with Crippen molar-refractivity contribution in [3.05, 3.63) is 23.3 Å². The average Bonchev–Trinajstić information content (AvgIpc) is 2.32. The van der Waals surface area contributed by atoms with Gasteiger partial charge < -0.3 is 10.1 Å². The van der Waals surface area contributed by atoms with E-state index < -0.39 is 0 Å². The van der Waals surface area contributed by atoms with E-state index in [0.29, 0.717) is 0 Å². The van der Waals surface area contributed by atoms with Crippen LogP contribution in [0.3, 0.4) is 0 Å². The first-order valence-corrected chi connectivity index (χ1v) is 7.32. The number of ether oxygens (including phenoxy) is 1. The molecule has 0 saturated carbocycles. The minimum Gasteiger partial charge on any atom is -0.496 e. The van der Waals surface area contributed by atoms with E-state index in [0.717, 1.165) is 12.3 Å². The topological polar surface area (TPSA) is 21.3 Å². The highest BCUT2D eigenvalue weighted by atomic mass is 32.2. The van der Waals surface area contributed by atoms with Crippen LogP contribution in [0.5, 0.6) is 5.75 Å². The quantitative estimate of drug-likeness (QED) is 0.745. The van der Waals surface area contributed by atoms with Crippen molar-refractivity contribution in [2.24, 2.45) is 0 Å². The molecule has 0 atom stereocenters. The molecular weight excluding hydrogens is 230 g/mol. The maximum atomic E-state index is 5.42. The maximum Gasteiger partial charge on any atom is 0.126 e. The summed E-state index contributed by atoms with van der Waals surface area (Å²) < 4.78 is 5.42. The van der Waals surface area contributed by atoms with Crippen LogP contribution in [-0.4, -0.2) is 25.2 Å². The van der Waals surface area contributed by atoms with Crippen molar-refractivity contribution in [2.45, 2.75) is 27.2 Å². The molecule has 2 nitrogen and oxygen atoms in total. The van der Waals surface area contributed by atoms with Gasteiger partial charge in [-0.15, -0.1) is 0 Å². The fraction of sp³-hybridized carbons (Fsp3) is 0.571. The lowest BCUT2D eigenvalue weighted by Gasteiger charge is -2.14. The van der Waals surface area contributed by atoms with Gasteiger partial charge in [0.25, 0.3) is 0 Å². The minimum absolute atomic E-state index is 0.998. The van der Waals surface area contributed by atoms with Gasteiger partial charge in [0.1, 0.15) is 5.75 Å². The molecule has 0 spiro atoms. The van der Waals surface area contributed by atoms with Crippen molar-refractivity contribution < 1.29 is 4.74 Å². The van der Waals surface area contributed by atoms with Crippen LogP contribution in [0.25, 0.3) is 0 Å². The number of rotatable bonds is 7. The van der Waals surface area contributed by atoms with Crippen molar-refractivity contribution >= 4 is 17.4 Å². The number of nitrogens with one attached hydrogen (secondary N) is 1. The van der Waals surface area contributed by atoms with E-state index in [-0.39, 0.29) is 0 Å². The molecule has 0 heterocycles. The molecular formula is C14H23NOS. The highest BCUT2D eigenvalue weighted by Crippen LogP contribution is 2.29. The van der Waals surface area contributed by atoms with E-state index in [9.17, 15) is 0 Å². The number of aryl methyl sites for hydroxylation is 1. The SMILES string of the molecule is CCSCCCNc1ccc(C)c(OC)c1C. The summed E-state index contributed by atoms with van der Waals surface area (Å²) in [6.45, 7) is 7.41. The number of anilines is 1. The van der Waals surface area contributed by atoms with Gasteiger partial charge in [-0.1, -0.05) is 13.0 Å². The molecule has 0 aromatic heterocycles. The Kier molecular flexibility index (Phi) is 6.27. The largest absolute Gasteiger partial charge is 0.496 e. The molecule has 0 saturated heterocycles. The summed E-state index contributed by atoms with van der Waals surface area (Å²) in [6, 6.07) is 4.25. The Bertz CT molecular complexity index is 352. The van der Waals surface area contributed by atoms with Crippen LogP contribution in [0, 0.1) is 13.8 Å². The van der Waals surface area contributed by atoms with Gasteiger partial charge in [-0.2, -0.15) is 11.8 Å². The summed E-state index contributed by atoms with van der Waals surface area (Å²) >= 11 is 1.99. The first kappa shape index (κ1) is 14.2. The van der Waals surface area contributed by atoms with Gasteiger partial charge in [-0.05, 0) is 43.4 Å². The van der Waals surface area contributed by atoms with Gasteiger partial charge in [0.15, 0.2) is 0 Å². The Labute approximate surface area is 109 Å². The molecule has 0 unspecified atom stereocenters. The van der Waals surface area contributed by atoms with E-state index in [4.69, 9.17) is 4.74 Å². The zero-order valence-corrected chi connectivity index (χ0v) is 12.1. The van der Waals surface area contributed by atoms with Crippen LogP contribution >= 0.6 is 11.8 Å². The zero-order chi connectivity index (χ0) is 12.7. The molecule has 0 fully saturated rings. The molecule has 0 aliphatic rings. The van der Waals surface area contributed by atoms with Gasteiger partial charge in [0.2, 0.25) is 0 Å². The van der Waals surface area contributed by atoms with Gasteiger partial charge in [-0.3, -0.25) is 0 Å². The second-order valence-corrected chi connectivity index (χ2v) is 5.46. The van der Waals surface area contributed by atoms with Gasteiger partial charge in [-0.25, -0.2) is 0 Å². The lowest BCUT2D eigenvalue weighted by atomic mass is 10.1. The Hall–Kier alpha value is -0.830. The molecule has 0 aliphatic heterocycles. The summed E-state index contributed by atoms with van der Waals surface area (Å²) in [4.78, 5) is 0. The molecule has 1 rings (SSSR count). The van der Waals surface area contributed by atoms with Crippen molar-refractivity contribution in [3.8, 4) is 5.75 Å². The Morgan fingerprint density at radius 1 is 1.29 bits per heavy atom. The Morgan fingerprint density at radius 3 is 2.71 bits per heavy atom. The highest BCUT2D eigenvalue weighted by Gasteiger charge is 2.06. The van der Waals surface area contributed by atoms with Crippen molar-refractivity contribution in [1.29, 1.82) is 0 Å². The smallest absolute Gasteiger partial charge is 0.126 e. The number of benzene rings is 1. The normalized spacial score (nSPS) is 10.4. The number of methoxy groups -OCH3 is 1. The second kappa shape index (κ2) is 7.49. The minimum atomic E-state index is 0.998. The first-order valence-electron chi connectivity index (χ1n) is 6.16. The van der Waals surface area contributed by atoms with Crippen LogP contribution in [0.2, 0.25) is 0 Å². The molecule has 0 aliphatic carbocycles. The van der Waals surface area contributed by atoms with Gasteiger partial charge in [0.05, 0.1) is 7.11 Å². The van der Waals surface area contributed by atoms with E-state index in [1.54, 1.807) is 7.11 Å². The summed E-state index contributed by atoms with van der Waals surface area (Å²) in [5, 5.41) is 3.48. The summed E-state index contributed by atoms with van der Waals surface area (Å²) in [5.41, 5.74) is 3.58. The summed E-state index contributed by atoms with van der Waals surface area (Å²) in [5.74, 6) is 3.43. The van der Waals surface area contributed by atoms with Crippen LogP contribution in [0.1, 0.15) is 24.5 Å². The first-order chi connectivity index (χ1) is 8.20. The standard InChI is InChI=1S/C14H23NOS/c1-5-17-10-6-9-15-13-8-7-11(2)14(16-4)12(13)3/h7-8,15H,5-6,9-10H2,1-4H3. The van der Waals surface area contributed by atoms with Crippen molar-refractivity contribution in [2.75, 3.05) is 30.5 Å². The molecule has 3 heteroatoms. The summed E-state index contributed by atoms with van der Waals surface area (Å²) in [7, 11) is 1.73. The van der Waals surface area contributed by atoms with E-state index in [2.05, 4.69) is 38.2 Å². The van der Waals surface area contributed by atoms with E-state index in [1.165, 1.54) is 34.7 Å². The molecule has 96 valence electrons. The third kappa shape index (κ3) is 4.15. The zero-order valence-electron chi connectivity index (χ0n) is 11.3. The molecule has 0 bridgehead atoms. The Morgan fingerprint density at radius 2 is 2.06 bits per heavy atom. The second-order valence-electron chi connectivity index (χ2n) is 4.07. The number of hydrogen-bond donors (Lipinski definition) is 1. The van der Waals surface area contributed by atoms with E-state index in [1.807, 2.05) is 11.8 Å². The highest BCUT2D eigenvalue weighted by molar-refractivity contribution is 7.99. The van der Waals surface area contributed by atoms with E-state index >= 15 is 0 Å².